The minimum absolute atomic E-state index is 0. The van der Waals surface area contributed by atoms with Crippen molar-refractivity contribution in [2.24, 2.45) is 5.73 Å². The van der Waals surface area contributed by atoms with Gasteiger partial charge in [0.2, 0.25) is 0 Å². The molecule has 0 saturated heterocycles. The van der Waals surface area contributed by atoms with Gasteiger partial charge in [-0.3, -0.25) is 4.98 Å². The molecule has 0 amide bonds. The third-order valence-corrected chi connectivity index (χ3v) is 1.02. The Morgan fingerprint density at radius 2 is 2.20 bits per heavy atom. The van der Waals surface area contributed by atoms with Gasteiger partial charge in [0.15, 0.2) is 0 Å². The van der Waals surface area contributed by atoms with Crippen LogP contribution >= 0.6 is 12.4 Å². The van der Waals surface area contributed by atoms with Crippen molar-refractivity contribution < 1.29 is 5.11 Å². The number of aromatic hydroxyl groups is 1. The Bertz CT molecular complexity index is 187. The van der Waals surface area contributed by atoms with Crippen LogP contribution in [0.15, 0.2) is 18.3 Å². The molecule has 0 aromatic carbocycles. The second kappa shape index (κ2) is 4.09. The average Bonchev–Trinajstić information content (AvgIpc) is 1.90. The van der Waals surface area contributed by atoms with Crippen molar-refractivity contribution in [3.05, 3.63) is 24.0 Å². The van der Waals surface area contributed by atoms with Gasteiger partial charge in [-0.25, -0.2) is 0 Å². The monoisotopic (exact) mass is 160 g/mol. The molecular formula is C6H9ClN2O. The maximum atomic E-state index is 8.75. The van der Waals surface area contributed by atoms with Crippen molar-refractivity contribution in [2.45, 2.75) is 6.54 Å². The molecule has 3 nitrogen and oxygen atoms in total. The van der Waals surface area contributed by atoms with Gasteiger partial charge in [-0.05, 0) is 12.1 Å². The van der Waals surface area contributed by atoms with Crippen molar-refractivity contribution >= 4 is 12.4 Å². The molecule has 1 aromatic heterocycles. The Kier molecular flexibility index (Phi) is 3.76. The summed E-state index contributed by atoms with van der Waals surface area (Å²) in [7, 11) is 0. The van der Waals surface area contributed by atoms with Crippen LogP contribution in [0.25, 0.3) is 0 Å². The lowest BCUT2D eigenvalue weighted by molar-refractivity contribution is 0.472. The zero-order chi connectivity index (χ0) is 6.69. The molecule has 0 aliphatic heterocycles. The fourth-order valence-corrected chi connectivity index (χ4v) is 0.537. The average molecular weight is 161 g/mol. The molecule has 0 fully saturated rings. The summed E-state index contributed by atoms with van der Waals surface area (Å²) in [5, 5.41) is 8.75. The van der Waals surface area contributed by atoms with Gasteiger partial charge < -0.3 is 10.8 Å². The van der Waals surface area contributed by atoms with E-state index in [0.717, 1.165) is 5.69 Å². The van der Waals surface area contributed by atoms with Crippen molar-refractivity contribution in [2.75, 3.05) is 0 Å². The summed E-state index contributed by atoms with van der Waals surface area (Å²) in [5.41, 5.74) is 6.04. The smallest absolute Gasteiger partial charge is 0.133 e. The standard InChI is InChI=1S/C6H8N2O.ClH/c7-3-5-1-2-6(9)4-8-5;/h1-2,4,9H,3,7H2;1H. The summed E-state index contributed by atoms with van der Waals surface area (Å²) in [5.74, 6) is 0.173. The van der Waals surface area contributed by atoms with E-state index in [1.54, 1.807) is 12.1 Å². The lowest BCUT2D eigenvalue weighted by atomic mass is 10.3. The fraction of sp³-hybridized carbons (Fsp3) is 0.167. The molecule has 0 aliphatic carbocycles. The Hall–Kier alpha value is -0.800. The van der Waals surface area contributed by atoms with Crippen LogP contribution in [-0.4, -0.2) is 10.1 Å². The first-order chi connectivity index (χ1) is 4.33. The summed E-state index contributed by atoms with van der Waals surface area (Å²) in [6.07, 6.45) is 1.38. The van der Waals surface area contributed by atoms with Gasteiger partial charge in [0.05, 0.1) is 11.9 Å². The first-order valence-corrected chi connectivity index (χ1v) is 2.67. The molecule has 10 heavy (non-hydrogen) atoms. The van der Waals surface area contributed by atoms with Gasteiger partial charge in [-0.1, -0.05) is 0 Å². The van der Waals surface area contributed by atoms with Crippen LogP contribution < -0.4 is 5.73 Å². The predicted molar refractivity (Wildman–Crippen MR) is 41.0 cm³/mol. The van der Waals surface area contributed by atoms with Crippen LogP contribution in [-0.2, 0) is 6.54 Å². The summed E-state index contributed by atoms with van der Waals surface area (Å²) in [6.45, 7) is 0.417. The largest absolute Gasteiger partial charge is 0.506 e. The lowest BCUT2D eigenvalue weighted by Crippen LogP contribution is -1.97. The number of halogens is 1. The molecule has 56 valence electrons. The fourth-order valence-electron chi connectivity index (χ4n) is 0.537. The van der Waals surface area contributed by atoms with Gasteiger partial charge in [-0.15, -0.1) is 12.4 Å². The molecule has 1 rings (SSSR count). The van der Waals surface area contributed by atoms with Crippen molar-refractivity contribution in [3.8, 4) is 5.75 Å². The normalized spacial score (nSPS) is 8.50. The van der Waals surface area contributed by atoms with Crippen LogP contribution in [0.2, 0.25) is 0 Å². The number of pyridine rings is 1. The number of hydrogen-bond acceptors (Lipinski definition) is 3. The highest BCUT2D eigenvalue weighted by Crippen LogP contribution is 2.04. The maximum absolute atomic E-state index is 8.75. The van der Waals surface area contributed by atoms with Crippen LogP contribution in [0.1, 0.15) is 5.69 Å². The molecule has 0 radical (unpaired) electrons. The molecule has 3 N–H and O–H groups in total. The minimum atomic E-state index is 0. The Labute approximate surface area is 65.3 Å². The van der Waals surface area contributed by atoms with E-state index in [1.807, 2.05) is 0 Å². The first kappa shape index (κ1) is 9.20. The summed E-state index contributed by atoms with van der Waals surface area (Å²) >= 11 is 0. The molecule has 0 aliphatic rings. The molecule has 0 atom stereocenters. The molecule has 0 saturated carbocycles. The quantitative estimate of drug-likeness (QED) is 0.635. The van der Waals surface area contributed by atoms with Crippen molar-refractivity contribution in [3.63, 3.8) is 0 Å². The Morgan fingerprint density at radius 3 is 2.60 bits per heavy atom. The van der Waals surface area contributed by atoms with E-state index in [2.05, 4.69) is 4.98 Å². The highest BCUT2D eigenvalue weighted by atomic mass is 35.5. The summed E-state index contributed by atoms with van der Waals surface area (Å²) in [6, 6.07) is 3.25. The third kappa shape index (κ3) is 2.21. The number of rotatable bonds is 1. The van der Waals surface area contributed by atoms with Crippen LogP contribution in [0.5, 0.6) is 5.75 Å². The van der Waals surface area contributed by atoms with Gasteiger partial charge in [0.1, 0.15) is 5.75 Å². The predicted octanol–water partition coefficient (Wildman–Crippen LogP) is 0.668. The highest BCUT2D eigenvalue weighted by Gasteiger charge is 1.88. The van der Waals surface area contributed by atoms with Gasteiger partial charge in [0.25, 0.3) is 0 Å². The van der Waals surface area contributed by atoms with Crippen molar-refractivity contribution in [1.82, 2.24) is 4.98 Å². The zero-order valence-corrected chi connectivity index (χ0v) is 6.14. The molecule has 4 heteroatoms. The first-order valence-electron chi connectivity index (χ1n) is 2.67. The molecule has 0 spiro atoms. The summed E-state index contributed by atoms with van der Waals surface area (Å²) < 4.78 is 0. The van der Waals surface area contributed by atoms with E-state index in [1.165, 1.54) is 6.20 Å². The Balaban J connectivity index is 0.000000810. The van der Waals surface area contributed by atoms with Crippen molar-refractivity contribution in [1.29, 1.82) is 0 Å². The summed E-state index contributed by atoms with van der Waals surface area (Å²) in [4.78, 5) is 3.82. The van der Waals surface area contributed by atoms with Gasteiger partial charge in [0, 0.05) is 6.54 Å². The minimum Gasteiger partial charge on any atom is -0.506 e. The third-order valence-electron chi connectivity index (χ3n) is 1.02. The van der Waals surface area contributed by atoms with Crippen LogP contribution in [0.3, 0.4) is 0 Å². The molecule has 1 heterocycles. The SMILES string of the molecule is Cl.NCc1ccc(O)cn1. The van der Waals surface area contributed by atoms with E-state index in [-0.39, 0.29) is 18.2 Å². The zero-order valence-electron chi connectivity index (χ0n) is 5.32. The lowest BCUT2D eigenvalue weighted by Gasteiger charge is -1.92. The molecule has 1 aromatic rings. The Morgan fingerprint density at radius 1 is 1.50 bits per heavy atom. The van der Waals surface area contributed by atoms with E-state index >= 15 is 0 Å². The number of nitrogens with two attached hydrogens (primary N) is 1. The van der Waals surface area contributed by atoms with Crippen LogP contribution in [0, 0.1) is 0 Å². The number of hydrogen-bond donors (Lipinski definition) is 2. The maximum Gasteiger partial charge on any atom is 0.133 e. The van der Waals surface area contributed by atoms with E-state index < -0.39 is 0 Å². The second-order valence-corrected chi connectivity index (χ2v) is 1.71. The van der Waals surface area contributed by atoms with E-state index in [0.29, 0.717) is 6.54 Å². The van der Waals surface area contributed by atoms with Gasteiger partial charge >= 0.3 is 0 Å². The van der Waals surface area contributed by atoms with Gasteiger partial charge in [-0.2, -0.15) is 0 Å². The molecule has 0 unspecified atom stereocenters. The number of aromatic nitrogens is 1. The highest BCUT2D eigenvalue weighted by molar-refractivity contribution is 5.85. The van der Waals surface area contributed by atoms with E-state index in [4.69, 9.17) is 10.8 Å². The number of nitrogens with zero attached hydrogens (tertiary/aromatic N) is 1. The topological polar surface area (TPSA) is 59.1 Å². The van der Waals surface area contributed by atoms with E-state index in [9.17, 15) is 0 Å². The van der Waals surface area contributed by atoms with Crippen LogP contribution in [0.4, 0.5) is 0 Å². The molecule has 0 bridgehead atoms. The molecular weight excluding hydrogens is 152 g/mol. The second-order valence-electron chi connectivity index (χ2n) is 1.71.